The van der Waals surface area contributed by atoms with Crippen LogP contribution in [0, 0.1) is 29.9 Å². The van der Waals surface area contributed by atoms with Crippen LogP contribution >= 0.6 is 0 Å². The van der Waals surface area contributed by atoms with Crippen LogP contribution in [0.2, 0.25) is 0 Å². The number of carbonyl (C=O) groups excluding carboxylic acids is 2. The fourth-order valence-electron chi connectivity index (χ4n) is 3.80. The molecule has 1 fully saturated rings. The highest BCUT2D eigenvalue weighted by atomic mass is 16.6. The minimum Gasteiger partial charge on any atom is -0.452 e. The number of anilines is 2. The molecule has 1 N–H and O–H groups in total. The molecule has 2 aromatic carbocycles. The van der Waals surface area contributed by atoms with Crippen LogP contribution in [0.4, 0.5) is 17.1 Å². The van der Waals surface area contributed by atoms with Crippen molar-refractivity contribution >= 4 is 28.9 Å². The van der Waals surface area contributed by atoms with E-state index in [9.17, 15) is 19.7 Å². The van der Waals surface area contributed by atoms with E-state index >= 15 is 0 Å². The van der Waals surface area contributed by atoms with Crippen molar-refractivity contribution in [3.05, 3.63) is 63.7 Å². The third kappa shape index (κ3) is 5.20. The molecule has 1 amide bonds. The van der Waals surface area contributed by atoms with Crippen molar-refractivity contribution in [2.45, 2.75) is 39.7 Å². The van der Waals surface area contributed by atoms with Gasteiger partial charge in [0.2, 0.25) is 0 Å². The lowest BCUT2D eigenvalue weighted by Crippen LogP contribution is -2.39. The third-order valence-electron chi connectivity index (χ3n) is 5.64. The SMILES string of the molecule is Cc1cccc(C)c1NC(=O)C(C)OC(=O)C1CCN(c2ccccc2[N+](=O)[O-])CC1. The Morgan fingerprint density at radius 1 is 1.10 bits per heavy atom. The van der Waals surface area contributed by atoms with Gasteiger partial charge in [0.25, 0.3) is 11.6 Å². The number of piperidine rings is 1. The maximum Gasteiger partial charge on any atom is 0.309 e. The number of nitrogens with one attached hydrogen (secondary N) is 1. The number of ether oxygens (including phenoxy) is 1. The summed E-state index contributed by atoms with van der Waals surface area (Å²) in [5, 5.41) is 14.1. The second kappa shape index (κ2) is 9.59. The number of rotatable bonds is 6. The van der Waals surface area contributed by atoms with Crippen LogP contribution in [0.3, 0.4) is 0 Å². The molecule has 1 aliphatic rings. The van der Waals surface area contributed by atoms with Gasteiger partial charge in [0, 0.05) is 24.8 Å². The number of hydrogen-bond acceptors (Lipinski definition) is 6. The Labute approximate surface area is 181 Å². The van der Waals surface area contributed by atoms with Gasteiger partial charge in [-0.2, -0.15) is 0 Å². The molecule has 31 heavy (non-hydrogen) atoms. The lowest BCUT2D eigenvalue weighted by atomic mass is 9.96. The standard InChI is InChI=1S/C23H27N3O5/c1-15-7-6-8-16(2)21(15)24-22(27)17(3)31-23(28)18-11-13-25(14-12-18)19-9-4-5-10-20(19)26(29)30/h4-10,17-18H,11-14H2,1-3H3,(H,24,27). The quantitative estimate of drug-likeness (QED) is 0.426. The Hall–Kier alpha value is -3.42. The maximum atomic E-state index is 12.6. The molecule has 0 saturated carbocycles. The molecule has 164 valence electrons. The Bertz CT molecular complexity index is 963. The van der Waals surface area contributed by atoms with Gasteiger partial charge in [-0.05, 0) is 50.8 Å². The number of aryl methyl sites for hydroxylation is 2. The summed E-state index contributed by atoms with van der Waals surface area (Å²) in [5.74, 6) is -1.12. The van der Waals surface area contributed by atoms with Crippen molar-refractivity contribution in [2.75, 3.05) is 23.3 Å². The molecule has 8 nitrogen and oxygen atoms in total. The third-order valence-corrected chi connectivity index (χ3v) is 5.64. The van der Waals surface area contributed by atoms with Crippen molar-refractivity contribution in [1.82, 2.24) is 0 Å². The molecule has 1 atom stereocenters. The van der Waals surface area contributed by atoms with E-state index in [1.165, 1.54) is 6.07 Å². The predicted octanol–water partition coefficient (Wildman–Crippen LogP) is 4.00. The maximum absolute atomic E-state index is 12.6. The highest BCUT2D eigenvalue weighted by Gasteiger charge is 2.31. The fraction of sp³-hybridized carbons (Fsp3) is 0.391. The zero-order valence-corrected chi connectivity index (χ0v) is 18.0. The molecule has 0 bridgehead atoms. The van der Waals surface area contributed by atoms with E-state index in [0.29, 0.717) is 31.6 Å². The minimum atomic E-state index is -0.917. The van der Waals surface area contributed by atoms with Gasteiger partial charge >= 0.3 is 5.97 Å². The van der Waals surface area contributed by atoms with Crippen molar-refractivity contribution in [1.29, 1.82) is 0 Å². The van der Waals surface area contributed by atoms with E-state index in [4.69, 9.17) is 4.74 Å². The summed E-state index contributed by atoms with van der Waals surface area (Å²) >= 11 is 0. The van der Waals surface area contributed by atoms with Gasteiger partial charge in [-0.3, -0.25) is 19.7 Å². The van der Waals surface area contributed by atoms with Crippen LogP contribution in [0.25, 0.3) is 0 Å². The second-order valence-electron chi connectivity index (χ2n) is 7.84. The summed E-state index contributed by atoms with van der Waals surface area (Å²) in [6.07, 6.45) is 0.103. The first-order valence-corrected chi connectivity index (χ1v) is 10.3. The van der Waals surface area contributed by atoms with E-state index in [-0.39, 0.29) is 17.5 Å². The second-order valence-corrected chi connectivity index (χ2v) is 7.84. The predicted molar refractivity (Wildman–Crippen MR) is 118 cm³/mol. The van der Waals surface area contributed by atoms with Crippen molar-refractivity contribution < 1.29 is 19.2 Å². The van der Waals surface area contributed by atoms with Crippen LogP contribution in [0.15, 0.2) is 42.5 Å². The van der Waals surface area contributed by atoms with Crippen molar-refractivity contribution in [2.24, 2.45) is 5.92 Å². The lowest BCUT2D eigenvalue weighted by molar-refractivity contribution is -0.384. The summed E-state index contributed by atoms with van der Waals surface area (Å²) < 4.78 is 5.43. The molecule has 0 aliphatic carbocycles. The molecule has 0 aromatic heterocycles. The molecule has 1 aliphatic heterocycles. The van der Waals surface area contributed by atoms with Gasteiger partial charge in [0.1, 0.15) is 5.69 Å². The first-order chi connectivity index (χ1) is 14.8. The van der Waals surface area contributed by atoms with E-state index in [2.05, 4.69) is 5.32 Å². The normalized spacial score (nSPS) is 15.3. The Balaban J connectivity index is 1.55. The van der Waals surface area contributed by atoms with E-state index in [0.717, 1.165) is 16.8 Å². The molecule has 1 unspecified atom stereocenters. The summed E-state index contributed by atoms with van der Waals surface area (Å²) in [7, 11) is 0. The summed E-state index contributed by atoms with van der Waals surface area (Å²) in [6, 6.07) is 12.3. The van der Waals surface area contributed by atoms with Crippen molar-refractivity contribution in [3.8, 4) is 0 Å². The number of nitro groups is 1. The number of carbonyl (C=O) groups is 2. The van der Waals surface area contributed by atoms with Gasteiger partial charge in [-0.25, -0.2) is 0 Å². The van der Waals surface area contributed by atoms with E-state index < -0.39 is 17.0 Å². The van der Waals surface area contributed by atoms with Gasteiger partial charge in [0.15, 0.2) is 6.10 Å². The van der Waals surface area contributed by atoms with Gasteiger partial charge < -0.3 is 15.0 Å². The smallest absolute Gasteiger partial charge is 0.309 e. The molecule has 1 heterocycles. The molecule has 0 radical (unpaired) electrons. The lowest BCUT2D eigenvalue weighted by Gasteiger charge is -2.32. The van der Waals surface area contributed by atoms with Crippen LogP contribution in [-0.4, -0.2) is 36.0 Å². The van der Waals surface area contributed by atoms with Crippen LogP contribution in [0.5, 0.6) is 0 Å². The Morgan fingerprint density at radius 2 is 1.71 bits per heavy atom. The summed E-state index contributed by atoms with van der Waals surface area (Å²) in [4.78, 5) is 37.9. The number of hydrogen-bond donors (Lipinski definition) is 1. The number of para-hydroxylation sites is 3. The number of nitrogens with zero attached hydrogens (tertiary/aromatic N) is 2. The number of amides is 1. The highest BCUT2D eigenvalue weighted by molar-refractivity contribution is 5.96. The average molecular weight is 425 g/mol. The molecule has 8 heteroatoms. The number of benzene rings is 2. The number of esters is 1. The Morgan fingerprint density at radius 3 is 2.32 bits per heavy atom. The molecule has 1 saturated heterocycles. The number of nitro benzene ring substituents is 1. The molecule has 0 spiro atoms. The van der Waals surface area contributed by atoms with Crippen LogP contribution < -0.4 is 10.2 Å². The summed E-state index contributed by atoms with van der Waals surface area (Å²) in [5.41, 5.74) is 3.22. The van der Waals surface area contributed by atoms with Gasteiger partial charge in [0.05, 0.1) is 10.8 Å². The minimum absolute atomic E-state index is 0.0559. The zero-order chi connectivity index (χ0) is 22.5. The summed E-state index contributed by atoms with van der Waals surface area (Å²) in [6.45, 7) is 6.39. The monoisotopic (exact) mass is 425 g/mol. The average Bonchev–Trinajstić information content (AvgIpc) is 2.76. The van der Waals surface area contributed by atoms with E-state index in [1.54, 1.807) is 25.1 Å². The van der Waals surface area contributed by atoms with Gasteiger partial charge in [-0.15, -0.1) is 0 Å². The van der Waals surface area contributed by atoms with Crippen LogP contribution in [-0.2, 0) is 14.3 Å². The van der Waals surface area contributed by atoms with E-state index in [1.807, 2.05) is 36.9 Å². The first kappa shape index (κ1) is 22.3. The largest absolute Gasteiger partial charge is 0.452 e. The molecular formula is C23H27N3O5. The molecular weight excluding hydrogens is 398 g/mol. The zero-order valence-electron chi connectivity index (χ0n) is 18.0. The topological polar surface area (TPSA) is 102 Å². The van der Waals surface area contributed by atoms with Gasteiger partial charge in [-0.1, -0.05) is 30.3 Å². The fourth-order valence-corrected chi connectivity index (χ4v) is 3.80. The first-order valence-electron chi connectivity index (χ1n) is 10.3. The van der Waals surface area contributed by atoms with Crippen molar-refractivity contribution in [3.63, 3.8) is 0 Å². The molecule has 3 rings (SSSR count). The highest BCUT2D eigenvalue weighted by Crippen LogP contribution is 2.31. The van der Waals surface area contributed by atoms with Crippen LogP contribution in [0.1, 0.15) is 30.9 Å². The molecule has 2 aromatic rings. The Kier molecular flexibility index (Phi) is 6.89.